The predicted molar refractivity (Wildman–Crippen MR) is 91.1 cm³/mol. The molecule has 0 saturated carbocycles. The molecule has 0 unspecified atom stereocenters. The molecular weight excluding hydrogens is 295 g/mol. The number of carbonyl (C=O) groups is 1. The Morgan fingerprint density at radius 2 is 1.83 bits per heavy atom. The van der Waals surface area contributed by atoms with Gasteiger partial charge in [-0.1, -0.05) is 55.4 Å². The Hall–Kier alpha value is -0.830. The summed E-state index contributed by atoms with van der Waals surface area (Å²) in [5.74, 6) is -1.16. The van der Waals surface area contributed by atoms with Crippen LogP contribution in [0.25, 0.3) is 0 Å². The molecule has 120 valence electrons. The molecule has 0 saturated heterocycles. The van der Waals surface area contributed by atoms with Crippen LogP contribution in [0, 0.1) is 5.41 Å². The Kier molecular flexibility index (Phi) is 9.76. The molecule has 0 aromatic heterocycles. The van der Waals surface area contributed by atoms with Gasteiger partial charge in [0.25, 0.3) is 0 Å². The van der Waals surface area contributed by atoms with Crippen LogP contribution in [0.5, 0.6) is 0 Å². The average molecular weight is 322 g/mol. The van der Waals surface area contributed by atoms with Gasteiger partial charge in [-0.2, -0.15) is 0 Å². The summed E-state index contributed by atoms with van der Waals surface area (Å²) in [6.45, 7) is 10.6. The number of carbonyl (C=O) groups excluding carboxylic acids is 1. The topological polar surface area (TPSA) is 40.1 Å². The second-order valence-electron chi connectivity index (χ2n) is 6.74. The van der Waals surface area contributed by atoms with Crippen molar-refractivity contribution in [3.05, 3.63) is 58.7 Å². The Morgan fingerprint density at radius 1 is 1.17 bits per heavy atom. The third kappa shape index (κ3) is 8.01. The van der Waals surface area contributed by atoms with E-state index in [1.54, 1.807) is 13.0 Å². The quantitative estimate of drug-likeness (QED) is 0.434. The summed E-state index contributed by atoms with van der Waals surface area (Å²) in [7, 11) is 0. The number of carboxylic acids is 1. The van der Waals surface area contributed by atoms with Gasteiger partial charge in [0.2, 0.25) is 0 Å². The number of hydrogen-bond donors (Lipinski definition) is 0. The fourth-order valence-electron chi connectivity index (χ4n) is 2.87. The van der Waals surface area contributed by atoms with Crippen LogP contribution in [0.1, 0.15) is 53.9 Å². The Morgan fingerprint density at radius 3 is 2.39 bits per heavy atom. The molecule has 1 rings (SSSR count). The van der Waals surface area contributed by atoms with Gasteiger partial charge in [0.1, 0.15) is 0 Å². The number of hydrogen-bond acceptors (Lipinski definition) is 2. The average Bonchev–Trinajstić information content (AvgIpc) is 2.36. The van der Waals surface area contributed by atoms with Gasteiger partial charge in [0.15, 0.2) is 0 Å². The molecule has 1 aliphatic rings. The first kappa shape index (κ1) is 22.2. The maximum Gasteiger partial charge on any atom is 1.00 e. The fraction of sp³-hybridized carbons (Fsp3) is 0.450. The molecule has 1 aliphatic carbocycles. The summed E-state index contributed by atoms with van der Waals surface area (Å²) in [4.78, 5) is 10.4. The molecule has 0 spiro atoms. The molecule has 0 aliphatic heterocycles. The predicted octanol–water partition coefficient (Wildman–Crippen LogP) is 1.27. The van der Waals surface area contributed by atoms with Crippen LogP contribution in [0.15, 0.2) is 58.7 Å². The van der Waals surface area contributed by atoms with E-state index in [-0.39, 0.29) is 35.0 Å². The molecule has 2 nitrogen and oxygen atoms in total. The molecule has 0 aromatic rings. The number of allylic oxidation sites excluding steroid dienone is 9. The zero-order chi connectivity index (χ0) is 16.8. The first-order chi connectivity index (χ1) is 10.2. The number of rotatable bonds is 5. The maximum absolute atomic E-state index is 10.4. The van der Waals surface area contributed by atoms with E-state index in [1.807, 2.05) is 19.1 Å². The van der Waals surface area contributed by atoms with Crippen molar-refractivity contribution in [2.75, 3.05) is 0 Å². The van der Waals surface area contributed by atoms with Crippen LogP contribution in [0.3, 0.4) is 0 Å². The van der Waals surface area contributed by atoms with Gasteiger partial charge in [-0.25, -0.2) is 0 Å². The summed E-state index contributed by atoms with van der Waals surface area (Å²) >= 11 is 0. The first-order valence-corrected chi connectivity index (χ1v) is 7.85. The molecule has 0 heterocycles. The van der Waals surface area contributed by atoms with E-state index in [9.17, 15) is 9.90 Å². The first-order valence-electron chi connectivity index (χ1n) is 7.85. The molecule has 0 N–H and O–H groups in total. The van der Waals surface area contributed by atoms with Crippen molar-refractivity contribution in [2.45, 2.75) is 53.9 Å². The number of carboxylic acid groups (broad SMARTS) is 1. The van der Waals surface area contributed by atoms with E-state index in [1.165, 1.54) is 30.4 Å². The molecule has 3 heteroatoms. The number of aliphatic carboxylic acids is 1. The van der Waals surface area contributed by atoms with E-state index in [4.69, 9.17) is 0 Å². The zero-order valence-electron chi connectivity index (χ0n) is 15.4. The summed E-state index contributed by atoms with van der Waals surface area (Å²) in [5, 5.41) is 10.4. The van der Waals surface area contributed by atoms with Gasteiger partial charge in [-0.3, -0.25) is 0 Å². The van der Waals surface area contributed by atoms with Crippen LogP contribution in [-0.4, -0.2) is 5.97 Å². The van der Waals surface area contributed by atoms with Crippen molar-refractivity contribution in [1.82, 2.24) is 0 Å². The van der Waals surface area contributed by atoms with Gasteiger partial charge in [-0.05, 0) is 62.7 Å². The van der Waals surface area contributed by atoms with E-state index < -0.39 is 5.97 Å². The molecule has 0 amide bonds. The van der Waals surface area contributed by atoms with Gasteiger partial charge in [0, 0.05) is 0 Å². The maximum atomic E-state index is 10.4. The van der Waals surface area contributed by atoms with Gasteiger partial charge < -0.3 is 9.90 Å². The standard InChI is InChI=1S/C20H28O2.Na/c1-15(8-6-9-16(2)14-19(21)22)11-12-18-17(3)10-7-13-20(18,4)5;/h6,8-9,11-12,14H,7,10,13H2,1-5H3,(H,21,22);/q;+1/p-1. The summed E-state index contributed by atoms with van der Waals surface area (Å²) in [6, 6.07) is 0. The van der Waals surface area contributed by atoms with E-state index >= 15 is 0 Å². The Labute approximate surface area is 163 Å². The Bertz CT molecular complexity index is 572. The minimum Gasteiger partial charge on any atom is -0.545 e. The second-order valence-corrected chi connectivity index (χ2v) is 6.74. The Balaban J connectivity index is 0.00000484. The molecule has 0 bridgehead atoms. The minimum atomic E-state index is -1.16. The smallest absolute Gasteiger partial charge is 0.545 e. The van der Waals surface area contributed by atoms with Crippen molar-refractivity contribution < 1.29 is 39.5 Å². The van der Waals surface area contributed by atoms with Crippen LogP contribution in [0.4, 0.5) is 0 Å². The van der Waals surface area contributed by atoms with Crippen LogP contribution < -0.4 is 34.7 Å². The summed E-state index contributed by atoms with van der Waals surface area (Å²) < 4.78 is 0. The second kappa shape index (κ2) is 10.1. The fourth-order valence-corrected chi connectivity index (χ4v) is 2.87. The zero-order valence-corrected chi connectivity index (χ0v) is 17.4. The monoisotopic (exact) mass is 322 g/mol. The molecular formula is C20H27NaO2. The summed E-state index contributed by atoms with van der Waals surface area (Å²) in [6.07, 6.45) is 14.8. The SMILES string of the molecule is CC(C=CC1=C(C)CCCC1(C)C)=CC=CC(C)=CC(=O)[O-].[Na+]. The van der Waals surface area contributed by atoms with Crippen LogP contribution in [0.2, 0.25) is 0 Å². The summed E-state index contributed by atoms with van der Waals surface area (Å²) in [5.41, 5.74) is 4.99. The van der Waals surface area contributed by atoms with Gasteiger partial charge >= 0.3 is 29.6 Å². The molecule has 0 aromatic carbocycles. The van der Waals surface area contributed by atoms with E-state index in [0.717, 1.165) is 11.6 Å². The molecule has 0 radical (unpaired) electrons. The largest absolute Gasteiger partial charge is 1.00 e. The molecule has 0 fully saturated rings. The van der Waals surface area contributed by atoms with Crippen molar-refractivity contribution in [1.29, 1.82) is 0 Å². The third-order valence-corrected chi connectivity index (χ3v) is 4.12. The van der Waals surface area contributed by atoms with E-state index in [2.05, 4.69) is 32.9 Å². The van der Waals surface area contributed by atoms with Crippen molar-refractivity contribution >= 4 is 5.97 Å². The van der Waals surface area contributed by atoms with Gasteiger partial charge in [-0.15, -0.1) is 0 Å². The van der Waals surface area contributed by atoms with Crippen molar-refractivity contribution in [2.24, 2.45) is 5.41 Å². The van der Waals surface area contributed by atoms with Crippen LogP contribution >= 0.6 is 0 Å². The third-order valence-electron chi connectivity index (χ3n) is 4.12. The molecule has 23 heavy (non-hydrogen) atoms. The van der Waals surface area contributed by atoms with Crippen molar-refractivity contribution in [3.8, 4) is 0 Å². The molecule has 0 atom stereocenters. The minimum absolute atomic E-state index is 0. The van der Waals surface area contributed by atoms with E-state index in [0.29, 0.717) is 5.57 Å². The van der Waals surface area contributed by atoms with Crippen molar-refractivity contribution in [3.63, 3.8) is 0 Å². The van der Waals surface area contributed by atoms with Crippen LogP contribution in [-0.2, 0) is 4.79 Å². The van der Waals surface area contributed by atoms with Gasteiger partial charge in [0.05, 0.1) is 5.97 Å². The normalized spacial score (nSPS) is 19.3.